The molecule has 0 bridgehead atoms. The van der Waals surface area contributed by atoms with Gasteiger partial charge in [-0.25, -0.2) is 4.99 Å². The Bertz CT molecular complexity index is 362. The Morgan fingerprint density at radius 3 is 3.33 bits per heavy atom. The molecule has 1 fully saturated rings. The summed E-state index contributed by atoms with van der Waals surface area (Å²) in [7, 11) is 0. The minimum atomic E-state index is 0.0631. The average Bonchev–Trinajstić information content (AvgIpc) is 2.72. The molecule has 3 aliphatic rings. The van der Waals surface area contributed by atoms with Crippen molar-refractivity contribution in [2.24, 2.45) is 15.4 Å². The molecular formula is C10H10N2. The van der Waals surface area contributed by atoms with E-state index in [0.29, 0.717) is 0 Å². The molecule has 2 nitrogen and oxygen atoms in total. The fraction of sp³-hybridized carbons (Fsp3) is 0.400. The van der Waals surface area contributed by atoms with Crippen LogP contribution in [0.1, 0.15) is 13.3 Å². The lowest BCUT2D eigenvalue weighted by molar-refractivity contribution is 0.718. The minimum Gasteiger partial charge on any atom is -0.261 e. The van der Waals surface area contributed by atoms with Crippen LogP contribution < -0.4 is 0 Å². The van der Waals surface area contributed by atoms with Gasteiger partial charge in [-0.1, -0.05) is 23.8 Å². The van der Waals surface area contributed by atoms with Crippen molar-refractivity contribution in [2.45, 2.75) is 18.9 Å². The second kappa shape index (κ2) is 1.60. The zero-order valence-electron chi connectivity index (χ0n) is 6.99. The molecule has 2 unspecified atom stereocenters. The highest BCUT2D eigenvalue weighted by molar-refractivity contribution is 5.89. The van der Waals surface area contributed by atoms with Gasteiger partial charge in [0.1, 0.15) is 6.34 Å². The van der Waals surface area contributed by atoms with Crippen molar-refractivity contribution >= 4 is 12.6 Å². The maximum absolute atomic E-state index is 4.45. The summed E-state index contributed by atoms with van der Waals surface area (Å²) in [4.78, 5) is 8.55. The Morgan fingerprint density at radius 2 is 2.42 bits per heavy atom. The Hall–Kier alpha value is -1.18. The van der Waals surface area contributed by atoms with Crippen molar-refractivity contribution in [1.82, 2.24) is 0 Å². The van der Waals surface area contributed by atoms with Crippen molar-refractivity contribution in [3.05, 3.63) is 23.8 Å². The first-order chi connectivity index (χ1) is 5.77. The van der Waals surface area contributed by atoms with Gasteiger partial charge in [0.2, 0.25) is 0 Å². The van der Waals surface area contributed by atoms with Gasteiger partial charge in [0.05, 0.1) is 11.0 Å². The third-order valence-electron chi connectivity index (χ3n) is 3.01. The predicted molar refractivity (Wildman–Crippen MR) is 49.7 cm³/mol. The molecule has 0 aromatic rings. The van der Waals surface area contributed by atoms with Gasteiger partial charge in [0.15, 0.2) is 0 Å². The number of rotatable bonds is 0. The third-order valence-corrected chi connectivity index (χ3v) is 3.01. The summed E-state index contributed by atoms with van der Waals surface area (Å²) in [6.45, 7) is 2.12. The van der Waals surface area contributed by atoms with E-state index in [-0.39, 0.29) is 11.0 Å². The molecular weight excluding hydrogens is 148 g/mol. The zero-order valence-corrected chi connectivity index (χ0v) is 6.99. The smallest absolute Gasteiger partial charge is 0.110 e. The van der Waals surface area contributed by atoms with Crippen molar-refractivity contribution < 1.29 is 0 Å². The first kappa shape index (κ1) is 6.35. The summed E-state index contributed by atoms with van der Waals surface area (Å²) in [5.74, 6) is 0. The Morgan fingerprint density at radius 1 is 1.50 bits per heavy atom. The van der Waals surface area contributed by atoms with Gasteiger partial charge in [0.25, 0.3) is 0 Å². The van der Waals surface area contributed by atoms with Crippen LogP contribution in [0.25, 0.3) is 0 Å². The quantitative estimate of drug-likeness (QED) is 0.513. The lowest BCUT2D eigenvalue weighted by Crippen LogP contribution is -2.21. The minimum absolute atomic E-state index is 0.0631. The summed E-state index contributed by atoms with van der Waals surface area (Å²) in [6, 6.07) is 0. The number of nitrogens with zero attached hydrogens (tertiary/aromatic N) is 2. The van der Waals surface area contributed by atoms with E-state index in [0.717, 1.165) is 6.42 Å². The second-order valence-corrected chi connectivity index (χ2v) is 3.89. The fourth-order valence-corrected chi connectivity index (χ4v) is 2.20. The van der Waals surface area contributed by atoms with E-state index in [4.69, 9.17) is 0 Å². The van der Waals surface area contributed by atoms with Crippen LogP contribution in [0, 0.1) is 5.41 Å². The van der Waals surface area contributed by atoms with E-state index in [1.807, 2.05) is 6.21 Å². The van der Waals surface area contributed by atoms with Crippen LogP contribution in [0.3, 0.4) is 0 Å². The summed E-state index contributed by atoms with van der Waals surface area (Å²) in [6.07, 6.45) is 11.5. The van der Waals surface area contributed by atoms with Gasteiger partial charge < -0.3 is 0 Å². The van der Waals surface area contributed by atoms with Crippen molar-refractivity contribution in [3.63, 3.8) is 0 Å². The monoisotopic (exact) mass is 158 g/mol. The van der Waals surface area contributed by atoms with Gasteiger partial charge in [-0.2, -0.15) is 0 Å². The van der Waals surface area contributed by atoms with E-state index in [2.05, 4.69) is 35.1 Å². The van der Waals surface area contributed by atoms with Crippen molar-refractivity contribution in [3.8, 4) is 0 Å². The highest BCUT2D eigenvalue weighted by atomic mass is 15.1. The molecule has 12 heavy (non-hydrogen) atoms. The number of hydrogen-bond donors (Lipinski definition) is 0. The van der Waals surface area contributed by atoms with E-state index >= 15 is 0 Å². The zero-order chi connectivity index (χ0) is 8.23. The molecule has 0 aromatic heterocycles. The van der Waals surface area contributed by atoms with Gasteiger partial charge in [-0.3, -0.25) is 4.99 Å². The van der Waals surface area contributed by atoms with E-state index in [9.17, 15) is 0 Å². The maximum atomic E-state index is 4.45. The molecule has 0 amide bonds. The number of hydrogen-bond acceptors (Lipinski definition) is 2. The molecule has 2 aliphatic carbocycles. The van der Waals surface area contributed by atoms with Gasteiger partial charge in [0, 0.05) is 6.21 Å². The van der Waals surface area contributed by atoms with Gasteiger partial charge in [-0.15, -0.1) is 0 Å². The van der Waals surface area contributed by atoms with Crippen LogP contribution in [-0.4, -0.2) is 18.1 Å². The predicted octanol–water partition coefficient (Wildman–Crippen LogP) is 1.74. The van der Waals surface area contributed by atoms with E-state index < -0.39 is 0 Å². The van der Waals surface area contributed by atoms with Crippen LogP contribution in [0.15, 0.2) is 33.8 Å². The lowest BCUT2D eigenvalue weighted by Gasteiger charge is -2.19. The SMILES string of the molecule is CC1=CC23CC2(C=C1)C=NC=N3. The molecule has 0 N–H and O–H groups in total. The van der Waals surface area contributed by atoms with Crippen LogP contribution in [-0.2, 0) is 0 Å². The van der Waals surface area contributed by atoms with Crippen LogP contribution >= 0.6 is 0 Å². The number of aliphatic imine (C=N–C) groups is 2. The number of allylic oxidation sites excluding steroid dienone is 2. The molecule has 0 aromatic carbocycles. The summed E-state index contributed by atoms with van der Waals surface area (Å²) in [5.41, 5.74) is 1.53. The molecule has 2 atom stereocenters. The van der Waals surface area contributed by atoms with E-state index in [1.54, 1.807) is 6.34 Å². The molecule has 3 rings (SSSR count). The Balaban J connectivity index is 2.17. The summed E-state index contributed by atoms with van der Waals surface area (Å²) >= 11 is 0. The molecule has 1 aliphatic heterocycles. The van der Waals surface area contributed by atoms with Gasteiger partial charge >= 0.3 is 0 Å². The lowest BCUT2D eigenvalue weighted by atomic mass is 9.93. The summed E-state index contributed by atoms with van der Waals surface area (Å²) < 4.78 is 0. The van der Waals surface area contributed by atoms with E-state index in [1.165, 1.54) is 5.57 Å². The standard InChI is InChI=1S/C10H10N2/c1-8-2-3-9-5-10(9,4-8)12-7-11-6-9/h2-4,6-7H,5H2,1H3. The van der Waals surface area contributed by atoms with Gasteiger partial charge in [-0.05, 0) is 13.3 Å². The molecule has 0 radical (unpaired) electrons. The molecule has 60 valence electrons. The molecule has 2 heteroatoms. The van der Waals surface area contributed by atoms with Crippen LogP contribution in [0.5, 0.6) is 0 Å². The molecule has 0 spiro atoms. The average molecular weight is 158 g/mol. The summed E-state index contributed by atoms with van der Waals surface area (Å²) in [5, 5.41) is 0. The second-order valence-electron chi connectivity index (χ2n) is 3.89. The molecule has 1 heterocycles. The third kappa shape index (κ3) is 0.533. The van der Waals surface area contributed by atoms with Crippen LogP contribution in [0.4, 0.5) is 0 Å². The Kier molecular flexibility index (Phi) is 0.849. The Labute approximate surface area is 71.4 Å². The van der Waals surface area contributed by atoms with Crippen LogP contribution in [0.2, 0.25) is 0 Å². The first-order valence-corrected chi connectivity index (χ1v) is 4.23. The normalized spacial score (nSPS) is 46.6. The topological polar surface area (TPSA) is 24.7 Å². The maximum Gasteiger partial charge on any atom is 0.110 e. The highest BCUT2D eigenvalue weighted by Crippen LogP contribution is 2.62. The molecule has 0 saturated heterocycles. The molecule has 1 saturated carbocycles. The van der Waals surface area contributed by atoms with Crippen molar-refractivity contribution in [1.29, 1.82) is 0 Å². The fourth-order valence-electron chi connectivity index (χ4n) is 2.20. The first-order valence-electron chi connectivity index (χ1n) is 4.23. The van der Waals surface area contributed by atoms with Crippen molar-refractivity contribution in [2.75, 3.05) is 0 Å². The highest BCUT2D eigenvalue weighted by Gasteiger charge is 2.66. The largest absolute Gasteiger partial charge is 0.261 e.